The van der Waals surface area contributed by atoms with Crippen molar-refractivity contribution in [3.63, 3.8) is 0 Å². The molecule has 0 spiro atoms. The van der Waals surface area contributed by atoms with E-state index in [2.05, 4.69) is 0 Å². The van der Waals surface area contributed by atoms with Crippen molar-refractivity contribution in [3.8, 4) is 0 Å². The fourth-order valence-electron chi connectivity index (χ4n) is 1.30. The minimum Gasteiger partial charge on any atom is -0.481 e. The zero-order valence-corrected chi connectivity index (χ0v) is 8.73. The summed E-state index contributed by atoms with van der Waals surface area (Å²) in [6.45, 7) is 1.80. The van der Waals surface area contributed by atoms with Crippen LogP contribution in [-0.2, 0) is 14.4 Å². The van der Waals surface area contributed by atoms with Crippen LogP contribution in [0.2, 0.25) is 0 Å². The van der Waals surface area contributed by atoms with Crippen molar-refractivity contribution in [2.45, 2.75) is 39.0 Å². The van der Waals surface area contributed by atoms with Crippen LogP contribution in [0.4, 0.5) is 0 Å². The highest BCUT2D eigenvalue weighted by molar-refractivity contribution is 5.98. The lowest BCUT2D eigenvalue weighted by molar-refractivity contribution is -0.147. The zero-order valence-electron chi connectivity index (χ0n) is 8.73. The van der Waals surface area contributed by atoms with E-state index in [1.54, 1.807) is 6.92 Å². The van der Waals surface area contributed by atoms with Crippen LogP contribution in [0, 0.1) is 5.92 Å². The Bertz CT molecular complexity index is 246. The van der Waals surface area contributed by atoms with Gasteiger partial charge in [0.15, 0.2) is 0 Å². The van der Waals surface area contributed by atoms with Crippen molar-refractivity contribution in [3.05, 3.63) is 0 Å². The normalized spacial score (nSPS) is 12.1. The average Bonchev–Trinajstić information content (AvgIpc) is 2.11. The summed E-state index contributed by atoms with van der Waals surface area (Å²) in [7, 11) is 0. The molecule has 0 radical (unpaired) electrons. The predicted octanol–water partition coefficient (Wildman–Crippen LogP) is 1.31. The average molecular weight is 216 g/mol. The molecule has 0 aliphatic carbocycles. The number of carbonyl (C=O) groups is 3. The number of carboxylic acid groups (broad SMARTS) is 2. The lowest BCUT2D eigenvalue weighted by atomic mass is 9.95. The summed E-state index contributed by atoms with van der Waals surface area (Å²) in [5.41, 5.74) is 0. The molecule has 0 aliphatic rings. The van der Waals surface area contributed by atoms with Crippen LogP contribution in [0.3, 0.4) is 0 Å². The van der Waals surface area contributed by atoms with Gasteiger partial charge in [-0.1, -0.05) is 6.92 Å². The fraction of sp³-hybridized carbons (Fsp3) is 0.700. The lowest BCUT2D eigenvalue weighted by Gasteiger charge is -2.09. The molecule has 0 aromatic rings. The maximum Gasteiger partial charge on any atom is 0.314 e. The molecule has 0 heterocycles. The van der Waals surface area contributed by atoms with E-state index in [0.717, 1.165) is 0 Å². The molecule has 1 unspecified atom stereocenters. The Morgan fingerprint density at radius 2 is 1.73 bits per heavy atom. The molecule has 2 N–H and O–H groups in total. The topological polar surface area (TPSA) is 91.7 Å². The van der Waals surface area contributed by atoms with Crippen LogP contribution in [0.25, 0.3) is 0 Å². The first-order chi connectivity index (χ1) is 6.99. The standard InChI is InChI=1S/C10H16O5/c1-2-4-8(11)7(10(14)15)5-3-6-9(12)13/h7H,2-6H2,1H3,(H,12,13)(H,14,15). The summed E-state index contributed by atoms with van der Waals surface area (Å²) in [5.74, 6) is -3.47. The zero-order chi connectivity index (χ0) is 11.8. The summed E-state index contributed by atoms with van der Waals surface area (Å²) < 4.78 is 0. The first kappa shape index (κ1) is 13.6. The molecule has 0 aromatic carbocycles. The van der Waals surface area contributed by atoms with Crippen molar-refractivity contribution >= 4 is 17.7 Å². The van der Waals surface area contributed by atoms with Crippen LogP contribution in [0.15, 0.2) is 0 Å². The summed E-state index contributed by atoms with van der Waals surface area (Å²) >= 11 is 0. The van der Waals surface area contributed by atoms with Crippen molar-refractivity contribution in [2.24, 2.45) is 5.92 Å². The Balaban J connectivity index is 4.10. The van der Waals surface area contributed by atoms with Gasteiger partial charge in [-0.25, -0.2) is 0 Å². The molecule has 0 bridgehead atoms. The molecule has 0 fully saturated rings. The molecule has 0 aromatic heterocycles. The predicted molar refractivity (Wildman–Crippen MR) is 52.5 cm³/mol. The van der Waals surface area contributed by atoms with Crippen LogP contribution in [-0.4, -0.2) is 27.9 Å². The van der Waals surface area contributed by atoms with Crippen molar-refractivity contribution in [2.75, 3.05) is 0 Å². The van der Waals surface area contributed by atoms with E-state index >= 15 is 0 Å². The lowest BCUT2D eigenvalue weighted by Crippen LogP contribution is -2.23. The van der Waals surface area contributed by atoms with E-state index < -0.39 is 17.9 Å². The molecular formula is C10H16O5. The van der Waals surface area contributed by atoms with Crippen molar-refractivity contribution < 1.29 is 24.6 Å². The minimum absolute atomic E-state index is 0.0941. The van der Waals surface area contributed by atoms with Crippen LogP contribution < -0.4 is 0 Å². The van der Waals surface area contributed by atoms with Gasteiger partial charge in [-0.2, -0.15) is 0 Å². The Morgan fingerprint density at radius 3 is 2.13 bits per heavy atom. The number of hydrogen-bond acceptors (Lipinski definition) is 3. The number of ketones is 1. The SMILES string of the molecule is CCCC(=O)C(CCCC(=O)O)C(=O)O. The van der Waals surface area contributed by atoms with Gasteiger partial charge in [-0.15, -0.1) is 0 Å². The molecule has 5 heteroatoms. The Hall–Kier alpha value is -1.39. The highest BCUT2D eigenvalue weighted by atomic mass is 16.4. The van der Waals surface area contributed by atoms with Gasteiger partial charge in [0.05, 0.1) is 0 Å². The quantitative estimate of drug-likeness (QED) is 0.597. The molecule has 0 aliphatic heterocycles. The van der Waals surface area contributed by atoms with Gasteiger partial charge < -0.3 is 10.2 Å². The van der Waals surface area contributed by atoms with Crippen molar-refractivity contribution in [1.82, 2.24) is 0 Å². The Kier molecular flexibility index (Phi) is 6.33. The van der Waals surface area contributed by atoms with E-state index in [-0.39, 0.29) is 31.5 Å². The van der Waals surface area contributed by atoms with Gasteiger partial charge in [0.2, 0.25) is 0 Å². The second-order valence-corrected chi connectivity index (χ2v) is 3.39. The molecule has 15 heavy (non-hydrogen) atoms. The summed E-state index contributed by atoms with van der Waals surface area (Å²) in [5, 5.41) is 17.1. The second-order valence-electron chi connectivity index (χ2n) is 3.39. The highest BCUT2D eigenvalue weighted by Gasteiger charge is 2.24. The molecule has 0 saturated heterocycles. The summed E-state index contributed by atoms with van der Waals surface area (Å²) in [4.78, 5) is 32.3. The van der Waals surface area contributed by atoms with E-state index in [1.807, 2.05) is 0 Å². The summed E-state index contributed by atoms with van der Waals surface area (Å²) in [6.07, 6.45) is 1.09. The second kappa shape index (κ2) is 6.98. The number of carbonyl (C=O) groups excluding carboxylic acids is 1. The largest absolute Gasteiger partial charge is 0.481 e. The van der Waals surface area contributed by atoms with Crippen LogP contribution in [0.5, 0.6) is 0 Å². The molecular weight excluding hydrogens is 200 g/mol. The molecule has 1 atom stereocenters. The minimum atomic E-state index is -1.15. The highest BCUT2D eigenvalue weighted by Crippen LogP contribution is 2.13. The first-order valence-corrected chi connectivity index (χ1v) is 4.96. The fourth-order valence-corrected chi connectivity index (χ4v) is 1.30. The molecule has 86 valence electrons. The number of hydrogen-bond donors (Lipinski definition) is 2. The van der Waals surface area contributed by atoms with Gasteiger partial charge in [0.25, 0.3) is 0 Å². The maximum absolute atomic E-state index is 11.3. The smallest absolute Gasteiger partial charge is 0.314 e. The Labute approximate surface area is 88.1 Å². The first-order valence-electron chi connectivity index (χ1n) is 4.96. The van der Waals surface area contributed by atoms with Gasteiger partial charge in [0, 0.05) is 12.8 Å². The van der Waals surface area contributed by atoms with Crippen LogP contribution >= 0.6 is 0 Å². The van der Waals surface area contributed by atoms with Gasteiger partial charge >= 0.3 is 11.9 Å². The molecule has 0 saturated carbocycles. The van der Waals surface area contributed by atoms with Crippen LogP contribution in [0.1, 0.15) is 39.0 Å². The van der Waals surface area contributed by atoms with E-state index in [0.29, 0.717) is 6.42 Å². The summed E-state index contributed by atoms with van der Waals surface area (Å²) in [6, 6.07) is 0. The third-order valence-corrected chi connectivity index (χ3v) is 2.07. The monoisotopic (exact) mass is 216 g/mol. The number of aliphatic carboxylic acids is 2. The molecule has 5 nitrogen and oxygen atoms in total. The third-order valence-electron chi connectivity index (χ3n) is 2.07. The van der Waals surface area contributed by atoms with E-state index in [4.69, 9.17) is 10.2 Å². The van der Waals surface area contributed by atoms with E-state index in [1.165, 1.54) is 0 Å². The number of carboxylic acids is 2. The Morgan fingerprint density at radius 1 is 1.13 bits per heavy atom. The van der Waals surface area contributed by atoms with Gasteiger partial charge in [-0.05, 0) is 19.3 Å². The van der Waals surface area contributed by atoms with Gasteiger partial charge in [0.1, 0.15) is 11.7 Å². The van der Waals surface area contributed by atoms with Crippen molar-refractivity contribution in [1.29, 1.82) is 0 Å². The third kappa shape index (κ3) is 5.83. The molecule has 0 amide bonds. The molecule has 0 rings (SSSR count). The number of rotatable bonds is 8. The van der Waals surface area contributed by atoms with Gasteiger partial charge in [-0.3, -0.25) is 14.4 Å². The number of Topliss-reactive ketones (excluding diaryl/α,β-unsaturated/α-hetero) is 1. The van der Waals surface area contributed by atoms with E-state index in [9.17, 15) is 14.4 Å². The maximum atomic E-state index is 11.3.